The van der Waals surface area contributed by atoms with Crippen molar-refractivity contribution in [3.8, 4) is 17.2 Å². The standard InChI is InChI=1S/C20H17ClO6/c1-3-24-18(22)11-25-15-8-9-16-17(10-15)26-12(2)20(19(16)23)27-14-6-4-13(21)5-7-14/h4-10H,3,11H2,1-2H3. The first-order valence-electron chi connectivity index (χ1n) is 8.27. The Balaban J connectivity index is 1.88. The summed E-state index contributed by atoms with van der Waals surface area (Å²) in [7, 11) is 0. The molecule has 7 heteroatoms. The van der Waals surface area contributed by atoms with Crippen LogP contribution in [0.3, 0.4) is 0 Å². The Hall–Kier alpha value is -2.99. The van der Waals surface area contributed by atoms with Crippen molar-refractivity contribution in [2.24, 2.45) is 0 Å². The van der Waals surface area contributed by atoms with Crippen molar-refractivity contribution >= 4 is 28.5 Å². The Labute approximate surface area is 160 Å². The van der Waals surface area contributed by atoms with Gasteiger partial charge in [0.05, 0.1) is 12.0 Å². The van der Waals surface area contributed by atoms with Crippen LogP contribution in [-0.4, -0.2) is 19.2 Å². The van der Waals surface area contributed by atoms with Gasteiger partial charge in [0.25, 0.3) is 0 Å². The molecular formula is C20H17ClO6. The van der Waals surface area contributed by atoms with Crippen molar-refractivity contribution in [3.63, 3.8) is 0 Å². The van der Waals surface area contributed by atoms with E-state index in [1.54, 1.807) is 56.3 Å². The zero-order valence-electron chi connectivity index (χ0n) is 14.8. The molecule has 3 rings (SSSR count). The largest absolute Gasteiger partial charge is 0.482 e. The number of carbonyl (C=O) groups is 1. The molecule has 0 radical (unpaired) electrons. The molecule has 3 aromatic rings. The molecule has 140 valence electrons. The fourth-order valence-electron chi connectivity index (χ4n) is 2.44. The molecule has 0 aliphatic carbocycles. The number of hydrogen-bond donors (Lipinski definition) is 0. The van der Waals surface area contributed by atoms with Crippen molar-refractivity contribution in [2.45, 2.75) is 13.8 Å². The van der Waals surface area contributed by atoms with E-state index >= 15 is 0 Å². The quantitative estimate of drug-likeness (QED) is 0.579. The van der Waals surface area contributed by atoms with Gasteiger partial charge in [-0.15, -0.1) is 0 Å². The summed E-state index contributed by atoms with van der Waals surface area (Å²) in [4.78, 5) is 24.1. The summed E-state index contributed by atoms with van der Waals surface area (Å²) in [5.41, 5.74) is 0.0305. The fourth-order valence-corrected chi connectivity index (χ4v) is 2.57. The molecule has 6 nitrogen and oxygen atoms in total. The lowest BCUT2D eigenvalue weighted by Crippen LogP contribution is -2.14. The number of halogens is 1. The third kappa shape index (κ3) is 4.41. The number of fused-ring (bicyclic) bond motifs is 1. The predicted octanol–water partition coefficient (Wildman–Crippen LogP) is 4.49. The first-order chi connectivity index (χ1) is 13.0. The first-order valence-corrected chi connectivity index (χ1v) is 8.65. The van der Waals surface area contributed by atoms with Crippen LogP contribution in [-0.2, 0) is 9.53 Å². The molecule has 27 heavy (non-hydrogen) atoms. The molecule has 1 aromatic heterocycles. The van der Waals surface area contributed by atoms with Crippen molar-refractivity contribution in [2.75, 3.05) is 13.2 Å². The van der Waals surface area contributed by atoms with Crippen molar-refractivity contribution in [1.82, 2.24) is 0 Å². The van der Waals surface area contributed by atoms with Crippen LogP contribution in [0, 0.1) is 6.92 Å². The van der Waals surface area contributed by atoms with Crippen molar-refractivity contribution < 1.29 is 23.4 Å². The minimum absolute atomic E-state index is 0.102. The Bertz CT molecular complexity index is 1020. The maximum absolute atomic E-state index is 12.8. The second-order valence-corrected chi connectivity index (χ2v) is 6.06. The maximum atomic E-state index is 12.8. The molecule has 0 atom stereocenters. The second-order valence-electron chi connectivity index (χ2n) is 5.62. The lowest BCUT2D eigenvalue weighted by Gasteiger charge is -2.10. The number of ether oxygens (including phenoxy) is 3. The Kier molecular flexibility index (Phi) is 5.66. The van der Waals surface area contributed by atoms with E-state index < -0.39 is 5.97 Å². The van der Waals surface area contributed by atoms with E-state index in [9.17, 15) is 9.59 Å². The van der Waals surface area contributed by atoms with Gasteiger partial charge in [0.1, 0.15) is 22.8 Å². The van der Waals surface area contributed by atoms with E-state index in [4.69, 9.17) is 30.2 Å². The van der Waals surface area contributed by atoms with Gasteiger partial charge in [-0.3, -0.25) is 4.79 Å². The fraction of sp³-hybridized carbons (Fsp3) is 0.200. The SMILES string of the molecule is CCOC(=O)COc1ccc2c(=O)c(Oc3ccc(Cl)cc3)c(C)oc2c1. The van der Waals surface area contributed by atoms with Gasteiger partial charge >= 0.3 is 5.97 Å². The summed E-state index contributed by atoms with van der Waals surface area (Å²) in [6, 6.07) is 11.4. The summed E-state index contributed by atoms with van der Waals surface area (Å²) < 4.78 is 21.6. The van der Waals surface area contributed by atoms with E-state index in [-0.39, 0.29) is 24.4 Å². The summed E-state index contributed by atoms with van der Waals surface area (Å²) >= 11 is 5.86. The molecular weight excluding hydrogens is 372 g/mol. The van der Waals surface area contributed by atoms with Crippen LogP contribution in [0.2, 0.25) is 5.02 Å². The number of rotatable bonds is 6. The molecule has 0 amide bonds. The molecule has 1 heterocycles. The lowest BCUT2D eigenvalue weighted by atomic mass is 10.2. The average Bonchev–Trinajstić information content (AvgIpc) is 2.65. The topological polar surface area (TPSA) is 75.0 Å². The average molecular weight is 389 g/mol. The molecule has 0 saturated heterocycles. The van der Waals surface area contributed by atoms with Gasteiger partial charge in [0.15, 0.2) is 6.61 Å². The van der Waals surface area contributed by atoms with Crippen molar-refractivity contribution in [3.05, 3.63) is 63.5 Å². The van der Waals surface area contributed by atoms with Crippen molar-refractivity contribution in [1.29, 1.82) is 0 Å². The summed E-state index contributed by atoms with van der Waals surface area (Å²) in [5, 5.41) is 0.910. The van der Waals surface area contributed by atoms with Gasteiger partial charge in [0, 0.05) is 11.1 Å². The van der Waals surface area contributed by atoms with Crippen LogP contribution in [0.1, 0.15) is 12.7 Å². The number of esters is 1. The van der Waals surface area contributed by atoms with Crippen LogP contribution in [0.5, 0.6) is 17.2 Å². The zero-order chi connectivity index (χ0) is 19.4. The molecule has 0 spiro atoms. The highest BCUT2D eigenvalue weighted by atomic mass is 35.5. The monoisotopic (exact) mass is 388 g/mol. The molecule has 2 aromatic carbocycles. The predicted molar refractivity (Wildman–Crippen MR) is 101 cm³/mol. The highest BCUT2D eigenvalue weighted by Gasteiger charge is 2.15. The van der Waals surface area contributed by atoms with Crippen LogP contribution >= 0.6 is 11.6 Å². The Morgan fingerprint density at radius 2 is 1.81 bits per heavy atom. The first kappa shape index (κ1) is 18.8. The third-order valence-electron chi connectivity index (χ3n) is 3.68. The number of benzene rings is 2. The Morgan fingerprint density at radius 1 is 1.11 bits per heavy atom. The van der Waals surface area contributed by atoms with E-state index in [0.717, 1.165) is 0 Å². The number of aryl methyl sites for hydroxylation is 1. The molecule has 0 N–H and O–H groups in total. The third-order valence-corrected chi connectivity index (χ3v) is 3.93. The minimum atomic E-state index is -0.470. The molecule has 0 unspecified atom stereocenters. The summed E-state index contributed by atoms with van der Waals surface area (Å²) in [5.74, 6) is 0.824. The summed E-state index contributed by atoms with van der Waals surface area (Å²) in [6.45, 7) is 3.41. The molecule has 0 aliphatic rings. The highest BCUT2D eigenvalue weighted by molar-refractivity contribution is 6.30. The molecule has 0 bridgehead atoms. The number of carbonyl (C=O) groups excluding carboxylic acids is 1. The van der Waals surface area contributed by atoms with E-state index in [1.807, 2.05) is 0 Å². The summed E-state index contributed by atoms with van der Waals surface area (Å²) in [6.07, 6.45) is 0. The van der Waals surface area contributed by atoms with E-state index in [2.05, 4.69) is 0 Å². The van der Waals surface area contributed by atoms with Gasteiger partial charge < -0.3 is 18.6 Å². The second kappa shape index (κ2) is 8.14. The maximum Gasteiger partial charge on any atom is 0.344 e. The van der Waals surface area contributed by atoms with E-state index in [1.165, 1.54) is 0 Å². The van der Waals surface area contributed by atoms with Crippen LogP contribution in [0.15, 0.2) is 51.7 Å². The molecule has 0 saturated carbocycles. The van der Waals surface area contributed by atoms with E-state index in [0.29, 0.717) is 33.3 Å². The highest BCUT2D eigenvalue weighted by Crippen LogP contribution is 2.28. The molecule has 0 fully saturated rings. The van der Waals surface area contributed by atoms with Crippen LogP contribution in [0.25, 0.3) is 11.0 Å². The van der Waals surface area contributed by atoms with Gasteiger partial charge in [0.2, 0.25) is 11.2 Å². The lowest BCUT2D eigenvalue weighted by molar-refractivity contribution is -0.145. The van der Waals surface area contributed by atoms with Gasteiger partial charge in [-0.25, -0.2) is 4.79 Å². The van der Waals surface area contributed by atoms with Crippen LogP contribution in [0.4, 0.5) is 0 Å². The Morgan fingerprint density at radius 3 is 2.52 bits per heavy atom. The zero-order valence-corrected chi connectivity index (χ0v) is 15.5. The minimum Gasteiger partial charge on any atom is -0.482 e. The smallest absolute Gasteiger partial charge is 0.344 e. The molecule has 0 aliphatic heterocycles. The van der Waals surface area contributed by atoms with Crippen LogP contribution < -0.4 is 14.9 Å². The number of hydrogen-bond acceptors (Lipinski definition) is 6. The van der Waals surface area contributed by atoms with Gasteiger partial charge in [-0.05, 0) is 50.2 Å². The van der Waals surface area contributed by atoms with Gasteiger partial charge in [-0.2, -0.15) is 0 Å². The normalized spacial score (nSPS) is 10.6. The van der Waals surface area contributed by atoms with Gasteiger partial charge in [-0.1, -0.05) is 11.6 Å².